The van der Waals surface area contributed by atoms with Gasteiger partial charge in [-0.05, 0) is 74.8 Å². The normalized spacial score (nSPS) is 30.0. The van der Waals surface area contributed by atoms with Gasteiger partial charge < -0.3 is 10.2 Å². The molecule has 1 N–H and O–H groups in total. The average Bonchev–Trinajstić information content (AvgIpc) is 3.05. The Bertz CT molecular complexity index is 845. The fraction of sp³-hybridized carbons (Fsp3) is 0.615. The number of urea groups is 1. The zero-order chi connectivity index (χ0) is 21.3. The maximum atomic E-state index is 13.3. The Kier molecular flexibility index (Phi) is 5.87. The SMILES string of the molecule is C=C1CCCCCN2CCC3(CC2)C(NC2CCCCC2)=NC(=O)N3c2ccc1cc2. The molecule has 1 saturated heterocycles. The smallest absolute Gasteiger partial charge is 0.350 e. The molecule has 5 nitrogen and oxygen atoms in total. The van der Waals surface area contributed by atoms with Crippen LogP contribution in [-0.4, -0.2) is 48.0 Å². The number of carbonyl (C=O) groups excluding carboxylic acids is 1. The van der Waals surface area contributed by atoms with Crippen LogP contribution < -0.4 is 10.2 Å². The van der Waals surface area contributed by atoms with Gasteiger partial charge in [-0.25, -0.2) is 4.79 Å². The van der Waals surface area contributed by atoms with E-state index in [0.29, 0.717) is 6.04 Å². The fourth-order valence-corrected chi connectivity index (χ4v) is 5.95. The molecule has 1 aromatic rings. The molecule has 5 heteroatoms. The molecule has 2 fully saturated rings. The van der Waals surface area contributed by atoms with Gasteiger partial charge in [-0.15, -0.1) is 0 Å². The molecular formula is C26H36N4O. The Morgan fingerprint density at radius 1 is 0.935 bits per heavy atom. The standard InChI is InChI=1S/C26H36N4O/c1-20-8-4-3-7-17-29-18-15-26(16-19-29)24(27-22-9-5-2-6-10-22)28-25(31)30(26)23-13-11-21(20)12-14-23/h11-14,22H,1-10,15-19H2,(H,27,28,31). The molecule has 6 aliphatic rings. The van der Waals surface area contributed by atoms with E-state index in [1.807, 2.05) is 4.90 Å². The van der Waals surface area contributed by atoms with Crippen molar-refractivity contribution in [3.8, 4) is 0 Å². The number of rotatable bonds is 1. The average molecular weight is 421 g/mol. The van der Waals surface area contributed by atoms with Crippen LogP contribution in [0.3, 0.4) is 0 Å². The lowest BCUT2D eigenvalue weighted by Gasteiger charge is -2.45. The molecule has 4 bridgehead atoms. The minimum absolute atomic E-state index is 0.109. The van der Waals surface area contributed by atoms with Crippen LogP contribution in [0.1, 0.15) is 76.2 Å². The largest absolute Gasteiger partial charge is 0.369 e. The van der Waals surface area contributed by atoms with Crippen molar-refractivity contribution in [2.24, 2.45) is 4.99 Å². The maximum absolute atomic E-state index is 13.3. The summed E-state index contributed by atoms with van der Waals surface area (Å²) in [5, 5.41) is 3.76. The van der Waals surface area contributed by atoms with Gasteiger partial charge in [0.05, 0.1) is 0 Å². The third-order valence-corrected chi connectivity index (χ3v) is 7.88. The molecule has 166 valence electrons. The number of fused-ring (bicyclic) bond motifs is 2. The topological polar surface area (TPSA) is 47.9 Å². The van der Waals surface area contributed by atoms with Crippen molar-refractivity contribution in [1.82, 2.24) is 10.2 Å². The summed E-state index contributed by atoms with van der Waals surface area (Å²) in [6, 6.07) is 8.83. The van der Waals surface area contributed by atoms with Crippen molar-refractivity contribution >= 4 is 23.1 Å². The fourth-order valence-electron chi connectivity index (χ4n) is 5.95. The van der Waals surface area contributed by atoms with Crippen LogP contribution >= 0.6 is 0 Å². The van der Waals surface area contributed by atoms with Crippen molar-refractivity contribution in [3.63, 3.8) is 0 Å². The van der Waals surface area contributed by atoms with E-state index in [-0.39, 0.29) is 11.6 Å². The molecule has 1 aliphatic carbocycles. The number of benzene rings is 1. The first-order chi connectivity index (χ1) is 15.2. The summed E-state index contributed by atoms with van der Waals surface area (Å²) in [7, 11) is 0. The molecular weight excluding hydrogens is 384 g/mol. The van der Waals surface area contributed by atoms with Gasteiger partial charge in [0.25, 0.3) is 0 Å². The minimum atomic E-state index is -0.330. The first-order valence-corrected chi connectivity index (χ1v) is 12.4. The second-order valence-corrected chi connectivity index (χ2v) is 9.89. The number of allylic oxidation sites excluding steroid dienone is 1. The number of carbonyl (C=O) groups is 1. The molecule has 0 aromatic heterocycles. The summed E-state index contributed by atoms with van der Waals surface area (Å²) < 4.78 is 0. The molecule has 7 rings (SSSR count). The first kappa shape index (κ1) is 20.7. The van der Waals surface area contributed by atoms with Gasteiger partial charge >= 0.3 is 6.03 Å². The highest BCUT2D eigenvalue weighted by Gasteiger charge is 2.52. The van der Waals surface area contributed by atoms with Crippen molar-refractivity contribution in [1.29, 1.82) is 0 Å². The second kappa shape index (κ2) is 8.78. The van der Waals surface area contributed by atoms with E-state index in [1.165, 1.54) is 62.5 Å². The lowest BCUT2D eigenvalue weighted by atomic mass is 9.83. The highest BCUT2D eigenvalue weighted by Crippen LogP contribution is 2.40. The zero-order valence-corrected chi connectivity index (χ0v) is 18.7. The van der Waals surface area contributed by atoms with E-state index in [9.17, 15) is 4.79 Å². The predicted molar refractivity (Wildman–Crippen MR) is 128 cm³/mol. The van der Waals surface area contributed by atoms with Gasteiger partial charge in [-0.3, -0.25) is 4.90 Å². The molecule has 0 unspecified atom stereocenters. The number of nitrogens with zero attached hydrogens (tertiary/aromatic N) is 3. The minimum Gasteiger partial charge on any atom is -0.369 e. The van der Waals surface area contributed by atoms with Gasteiger partial charge in [-0.2, -0.15) is 4.99 Å². The Morgan fingerprint density at radius 2 is 1.65 bits per heavy atom. The molecule has 5 heterocycles. The van der Waals surface area contributed by atoms with E-state index < -0.39 is 0 Å². The van der Waals surface area contributed by atoms with Crippen LogP contribution in [-0.2, 0) is 0 Å². The van der Waals surface area contributed by atoms with Crippen LogP contribution in [0.5, 0.6) is 0 Å². The number of nitrogens with one attached hydrogen (secondary N) is 1. The van der Waals surface area contributed by atoms with Gasteiger partial charge in [0.15, 0.2) is 0 Å². The highest BCUT2D eigenvalue weighted by atomic mass is 16.2. The van der Waals surface area contributed by atoms with E-state index in [4.69, 9.17) is 0 Å². The van der Waals surface area contributed by atoms with Gasteiger partial charge in [0, 0.05) is 24.8 Å². The van der Waals surface area contributed by atoms with Crippen molar-refractivity contribution in [2.45, 2.75) is 82.2 Å². The lowest BCUT2D eigenvalue weighted by Crippen LogP contribution is -2.62. The third kappa shape index (κ3) is 4.05. The number of hydrogen-bond donors (Lipinski definition) is 1. The number of anilines is 1. The second-order valence-electron chi connectivity index (χ2n) is 9.89. The first-order valence-electron chi connectivity index (χ1n) is 12.4. The van der Waals surface area contributed by atoms with E-state index in [0.717, 1.165) is 50.4 Å². The van der Waals surface area contributed by atoms with Crippen LogP contribution in [0.2, 0.25) is 0 Å². The lowest BCUT2D eigenvalue weighted by molar-refractivity contribution is 0.185. The Hall–Kier alpha value is -2.14. The Morgan fingerprint density at radius 3 is 2.39 bits per heavy atom. The van der Waals surface area contributed by atoms with E-state index in [1.54, 1.807) is 0 Å². The van der Waals surface area contributed by atoms with Gasteiger partial charge in [0.1, 0.15) is 11.4 Å². The number of amides is 2. The monoisotopic (exact) mass is 420 g/mol. The van der Waals surface area contributed by atoms with Crippen LogP contribution in [0.4, 0.5) is 10.5 Å². The summed E-state index contributed by atoms with van der Waals surface area (Å²) in [5.74, 6) is 0.932. The molecule has 5 aliphatic heterocycles. The number of amidine groups is 1. The summed E-state index contributed by atoms with van der Waals surface area (Å²) in [5.41, 5.74) is 3.02. The predicted octanol–water partition coefficient (Wildman–Crippen LogP) is 5.37. The van der Waals surface area contributed by atoms with Crippen molar-refractivity contribution in [3.05, 3.63) is 36.4 Å². The number of piperidine rings is 1. The summed E-state index contributed by atoms with van der Waals surface area (Å²) in [6.45, 7) is 7.52. The van der Waals surface area contributed by atoms with E-state index >= 15 is 0 Å². The van der Waals surface area contributed by atoms with Crippen LogP contribution in [0.15, 0.2) is 35.8 Å². The Labute approximate surface area is 186 Å². The van der Waals surface area contributed by atoms with Crippen LogP contribution in [0, 0.1) is 0 Å². The molecule has 1 saturated carbocycles. The molecule has 0 radical (unpaired) electrons. The number of hydrogen-bond acceptors (Lipinski definition) is 3. The maximum Gasteiger partial charge on any atom is 0.350 e. The number of aliphatic imine (C=N–C) groups is 1. The highest BCUT2D eigenvalue weighted by molar-refractivity contribution is 6.16. The van der Waals surface area contributed by atoms with Gasteiger partial charge in [-0.1, -0.05) is 44.4 Å². The third-order valence-electron chi connectivity index (χ3n) is 7.88. The zero-order valence-electron chi connectivity index (χ0n) is 18.7. The molecule has 0 atom stereocenters. The summed E-state index contributed by atoms with van der Waals surface area (Å²) in [6.07, 6.45) is 12.9. The summed E-state index contributed by atoms with van der Waals surface area (Å²) in [4.78, 5) is 22.5. The molecule has 1 spiro atoms. The quantitative estimate of drug-likeness (QED) is 0.664. The van der Waals surface area contributed by atoms with Crippen molar-refractivity contribution < 1.29 is 4.79 Å². The molecule has 31 heavy (non-hydrogen) atoms. The molecule has 2 amide bonds. The molecule has 1 aromatic carbocycles. The van der Waals surface area contributed by atoms with Crippen molar-refractivity contribution in [2.75, 3.05) is 24.5 Å². The van der Waals surface area contributed by atoms with Gasteiger partial charge in [0.2, 0.25) is 0 Å². The Balaban J connectivity index is 1.48. The van der Waals surface area contributed by atoms with Crippen LogP contribution in [0.25, 0.3) is 5.57 Å². The van der Waals surface area contributed by atoms with E-state index in [2.05, 4.69) is 46.1 Å². The summed E-state index contributed by atoms with van der Waals surface area (Å²) >= 11 is 0.